The first-order valence-electron chi connectivity index (χ1n) is 9.71. The van der Waals surface area contributed by atoms with Crippen LogP contribution in [0.5, 0.6) is 17.2 Å². The zero-order valence-corrected chi connectivity index (χ0v) is 18.1. The van der Waals surface area contributed by atoms with Crippen LogP contribution in [0.15, 0.2) is 71.8 Å². The lowest BCUT2D eigenvalue weighted by Crippen LogP contribution is -2.17. The number of carbonyl (C=O) groups is 1. The van der Waals surface area contributed by atoms with Crippen molar-refractivity contribution in [2.24, 2.45) is 5.10 Å². The van der Waals surface area contributed by atoms with Crippen molar-refractivity contribution >= 4 is 23.7 Å². The van der Waals surface area contributed by atoms with Gasteiger partial charge in [-0.05, 0) is 54.4 Å². The number of hydrogen-bond donors (Lipinski definition) is 1. The number of nitrogens with zero attached hydrogens (tertiary/aromatic N) is 1. The average molecular weight is 439 g/mol. The highest BCUT2D eigenvalue weighted by Crippen LogP contribution is 2.36. The fraction of sp³-hybridized carbons (Fsp3) is 0.167. The van der Waals surface area contributed by atoms with E-state index in [0.29, 0.717) is 46.6 Å². The van der Waals surface area contributed by atoms with Crippen LogP contribution in [0.4, 0.5) is 0 Å². The normalized spacial score (nSPS) is 10.7. The summed E-state index contributed by atoms with van der Waals surface area (Å²) in [7, 11) is 1.54. The number of rotatable bonds is 9. The largest absolute Gasteiger partial charge is 0.494 e. The molecule has 0 fully saturated rings. The third-order valence-corrected chi connectivity index (χ3v) is 4.57. The van der Waals surface area contributed by atoms with E-state index in [0.717, 1.165) is 5.56 Å². The molecule has 0 heterocycles. The van der Waals surface area contributed by atoms with Gasteiger partial charge in [0.2, 0.25) is 0 Å². The van der Waals surface area contributed by atoms with Gasteiger partial charge in [-0.25, -0.2) is 5.43 Å². The average Bonchev–Trinajstić information content (AvgIpc) is 2.79. The molecule has 0 atom stereocenters. The number of nitrogens with one attached hydrogen (secondary N) is 1. The summed E-state index contributed by atoms with van der Waals surface area (Å²) in [6, 6.07) is 20.0. The van der Waals surface area contributed by atoms with Crippen LogP contribution < -0.4 is 19.6 Å². The van der Waals surface area contributed by atoms with Crippen molar-refractivity contribution in [2.45, 2.75) is 13.5 Å². The second-order valence-corrected chi connectivity index (χ2v) is 6.87. The van der Waals surface area contributed by atoms with Crippen molar-refractivity contribution in [3.8, 4) is 17.2 Å². The van der Waals surface area contributed by atoms with Crippen LogP contribution in [0.1, 0.15) is 28.4 Å². The van der Waals surface area contributed by atoms with E-state index in [1.54, 1.807) is 36.4 Å². The molecule has 1 amide bonds. The number of methoxy groups -OCH3 is 1. The molecule has 1 N–H and O–H groups in total. The van der Waals surface area contributed by atoms with Gasteiger partial charge >= 0.3 is 0 Å². The van der Waals surface area contributed by atoms with E-state index in [4.69, 9.17) is 25.8 Å². The molecule has 31 heavy (non-hydrogen) atoms. The fourth-order valence-electron chi connectivity index (χ4n) is 2.78. The van der Waals surface area contributed by atoms with Gasteiger partial charge in [0.15, 0.2) is 11.5 Å². The van der Waals surface area contributed by atoms with E-state index in [2.05, 4.69) is 10.5 Å². The molecule has 3 aromatic carbocycles. The molecular formula is C24H23ClN2O4. The summed E-state index contributed by atoms with van der Waals surface area (Å²) in [5.74, 6) is 1.30. The van der Waals surface area contributed by atoms with Crippen LogP contribution in [0.3, 0.4) is 0 Å². The Kier molecular flexibility index (Phi) is 7.90. The second-order valence-electron chi connectivity index (χ2n) is 6.46. The lowest BCUT2D eigenvalue weighted by Gasteiger charge is -2.13. The maximum absolute atomic E-state index is 12.2. The first-order chi connectivity index (χ1) is 15.1. The zero-order valence-electron chi connectivity index (χ0n) is 17.3. The van der Waals surface area contributed by atoms with Crippen molar-refractivity contribution in [1.29, 1.82) is 0 Å². The van der Waals surface area contributed by atoms with Crippen molar-refractivity contribution in [3.63, 3.8) is 0 Å². The van der Waals surface area contributed by atoms with Crippen LogP contribution in [0.2, 0.25) is 5.02 Å². The van der Waals surface area contributed by atoms with E-state index in [1.165, 1.54) is 13.3 Å². The van der Waals surface area contributed by atoms with Gasteiger partial charge in [0.1, 0.15) is 12.4 Å². The minimum atomic E-state index is -0.333. The summed E-state index contributed by atoms with van der Waals surface area (Å²) in [5.41, 5.74) is 4.64. The van der Waals surface area contributed by atoms with Gasteiger partial charge in [-0.2, -0.15) is 5.10 Å². The molecule has 0 saturated carbocycles. The number of hydrogen-bond acceptors (Lipinski definition) is 5. The Balaban J connectivity index is 1.65. The van der Waals surface area contributed by atoms with E-state index in [-0.39, 0.29) is 5.91 Å². The van der Waals surface area contributed by atoms with Crippen LogP contribution in [-0.2, 0) is 6.61 Å². The molecular weight excluding hydrogens is 416 g/mol. The Morgan fingerprint density at radius 1 is 1.06 bits per heavy atom. The number of hydrazone groups is 1. The highest BCUT2D eigenvalue weighted by molar-refractivity contribution is 6.32. The molecule has 0 unspecified atom stereocenters. The molecule has 3 aromatic rings. The van der Waals surface area contributed by atoms with Gasteiger partial charge in [0, 0.05) is 5.56 Å². The SMILES string of the molecule is CCOc1ccc(C(=O)N/N=C/c2cc(Cl)c(OCc3ccccc3)c(OC)c2)cc1. The lowest BCUT2D eigenvalue weighted by atomic mass is 10.2. The summed E-state index contributed by atoms with van der Waals surface area (Å²) in [5, 5.41) is 4.39. The summed E-state index contributed by atoms with van der Waals surface area (Å²) >= 11 is 6.39. The summed E-state index contributed by atoms with van der Waals surface area (Å²) in [6.07, 6.45) is 1.49. The highest BCUT2D eigenvalue weighted by atomic mass is 35.5. The third-order valence-electron chi connectivity index (χ3n) is 4.28. The van der Waals surface area contributed by atoms with Gasteiger partial charge in [-0.3, -0.25) is 4.79 Å². The molecule has 160 valence electrons. The molecule has 0 aliphatic rings. The van der Waals surface area contributed by atoms with E-state index in [9.17, 15) is 4.79 Å². The molecule has 0 radical (unpaired) electrons. The van der Waals surface area contributed by atoms with Crippen molar-refractivity contribution < 1.29 is 19.0 Å². The van der Waals surface area contributed by atoms with E-state index >= 15 is 0 Å². The molecule has 0 saturated heterocycles. The van der Waals surface area contributed by atoms with Crippen LogP contribution in [0.25, 0.3) is 0 Å². The van der Waals surface area contributed by atoms with E-state index < -0.39 is 0 Å². The first-order valence-corrected chi connectivity index (χ1v) is 10.1. The topological polar surface area (TPSA) is 69.2 Å². The summed E-state index contributed by atoms with van der Waals surface area (Å²) < 4.78 is 16.6. The molecule has 6 nitrogen and oxygen atoms in total. The number of halogens is 1. The maximum atomic E-state index is 12.2. The monoisotopic (exact) mass is 438 g/mol. The van der Waals surface area contributed by atoms with Gasteiger partial charge in [-0.1, -0.05) is 41.9 Å². The highest BCUT2D eigenvalue weighted by Gasteiger charge is 2.12. The second kappa shape index (κ2) is 11.0. The summed E-state index contributed by atoms with van der Waals surface area (Å²) in [6.45, 7) is 2.83. The minimum absolute atomic E-state index is 0.333. The Labute approximate surface area is 186 Å². The minimum Gasteiger partial charge on any atom is -0.494 e. The quantitative estimate of drug-likeness (QED) is 0.373. The predicted octanol–water partition coefficient (Wildman–Crippen LogP) is 5.09. The van der Waals surface area contributed by atoms with Crippen LogP contribution >= 0.6 is 11.6 Å². The van der Waals surface area contributed by atoms with Crippen molar-refractivity contribution in [3.05, 3.63) is 88.4 Å². The van der Waals surface area contributed by atoms with E-state index in [1.807, 2.05) is 37.3 Å². The third kappa shape index (κ3) is 6.23. The molecule has 3 rings (SSSR count). The molecule has 0 aliphatic carbocycles. The Bertz CT molecular complexity index is 1040. The van der Waals surface area contributed by atoms with Gasteiger partial charge in [0.25, 0.3) is 5.91 Å². The van der Waals surface area contributed by atoms with Gasteiger partial charge < -0.3 is 14.2 Å². The molecule has 0 bridgehead atoms. The van der Waals surface area contributed by atoms with Crippen molar-refractivity contribution in [1.82, 2.24) is 5.43 Å². The number of ether oxygens (including phenoxy) is 3. The fourth-order valence-corrected chi connectivity index (χ4v) is 3.06. The maximum Gasteiger partial charge on any atom is 0.271 e. The van der Waals surface area contributed by atoms with Crippen molar-refractivity contribution in [2.75, 3.05) is 13.7 Å². The number of benzene rings is 3. The summed E-state index contributed by atoms with van der Waals surface area (Å²) in [4.78, 5) is 12.2. The number of carbonyl (C=O) groups excluding carboxylic acids is 1. The molecule has 0 aliphatic heterocycles. The molecule has 0 spiro atoms. The van der Waals surface area contributed by atoms with Gasteiger partial charge in [-0.15, -0.1) is 0 Å². The lowest BCUT2D eigenvalue weighted by molar-refractivity contribution is 0.0955. The Morgan fingerprint density at radius 2 is 1.81 bits per heavy atom. The van der Waals surface area contributed by atoms with Gasteiger partial charge in [0.05, 0.1) is 25.0 Å². The molecule has 0 aromatic heterocycles. The number of amides is 1. The first kappa shape index (κ1) is 22.2. The zero-order chi connectivity index (χ0) is 22.1. The van der Waals surface area contributed by atoms with Crippen LogP contribution in [-0.4, -0.2) is 25.8 Å². The molecule has 7 heteroatoms. The standard InChI is InChI=1S/C24H23ClN2O4/c1-3-30-20-11-9-19(10-12-20)24(28)27-26-15-18-13-21(25)23(22(14-18)29-2)31-16-17-7-5-4-6-8-17/h4-15H,3,16H2,1-2H3,(H,27,28)/b26-15+. The Morgan fingerprint density at radius 3 is 2.48 bits per heavy atom. The van der Waals surface area contributed by atoms with Crippen LogP contribution in [0, 0.1) is 0 Å². The Hall–Kier alpha value is -3.51. The smallest absolute Gasteiger partial charge is 0.271 e. The predicted molar refractivity (Wildman–Crippen MR) is 121 cm³/mol.